The van der Waals surface area contributed by atoms with Crippen LogP contribution in [0.1, 0.15) is 31.1 Å². The van der Waals surface area contributed by atoms with Gasteiger partial charge in [0.2, 0.25) is 0 Å². The smallest absolute Gasteiger partial charge is 0.341 e. The van der Waals surface area contributed by atoms with Crippen LogP contribution in [0.15, 0.2) is 29.0 Å². The van der Waals surface area contributed by atoms with Gasteiger partial charge in [0, 0.05) is 5.56 Å². The van der Waals surface area contributed by atoms with Crippen molar-refractivity contribution in [1.82, 2.24) is 9.97 Å². The second-order valence-corrected chi connectivity index (χ2v) is 6.44. The van der Waals surface area contributed by atoms with Crippen molar-refractivity contribution in [3.05, 3.63) is 40.4 Å². The van der Waals surface area contributed by atoms with Crippen molar-refractivity contribution in [1.29, 1.82) is 0 Å². The molecule has 2 aromatic rings. The molecule has 5 nitrogen and oxygen atoms in total. The Labute approximate surface area is 135 Å². The number of benzene rings is 1. The van der Waals surface area contributed by atoms with Crippen molar-refractivity contribution in [2.75, 3.05) is 5.73 Å². The largest absolute Gasteiger partial charge is 0.456 e. The van der Waals surface area contributed by atoms with E-state index in [1.54, 1.807) is 26.8 Å². The van der Waals surface area contributed by atoms with Crippen molar-refractivity contribution >= 4 is 27.7 Å². The van der Waals surface area contributed by atoms with E-state index >= 15 is 0 Å². The molecule has 0 saturated carbocycles. The predicted octanol–water partition coefficient (Wildman–Crippen LogP) is 3.58. The van der Waals surface area contributed by atoms with Gasteiger partial charge in [-0.05, 0) is 48.8 Å². The van der Waals surface area contributed by atoms with Gasteiger partial charge < -0.3 is 10.5 Å². The number of anilines is 1. The first-order valence-electron chi connectivity index (χ1n) is 6.48. The van der Waals surface area contributed by atoms with E-state index in [2.05, 4.69) is 25.9 Å². The van der Waals surface area contributed by atoms with E-state index in [1.165, 1.54) is 18.3 Å². The number of carbonyl (C=O) groups is 1. The topological polar surface area (TPSA) is 78.1 Å². The zero-order chi connectivity index (χ0) is 16.5. The number of aromatic nitrogens is 2. The van der Waals surface area contributed by atoms with Gasteiger partial charge >= 0.3 is 5.97 Å². The van der Waals surface area contributed by atoms with Crippen molar-refractivity contribution in [2.24, 2.45) is 0 Å². The summed E-state index contributed by atoms with van der Waals surface area (Å²) in [6.45, 7) is 5.15. The first kappa shape index (κ1) is 16.4. The molecule has 0 fully saturated rings. The summed E-state index contributed by atoms with van der Waals surface area (Å²) < 4.78 is 19.8. The maximum Gasteiger partial charge on any atom is 0.341 e. The second kappa shape index (κ2) is 6.00. The van der Waals surface area contributed by atoms with Crippen molar-refractivity contribution in [2.45, 2.75) is 26.4 Å². The van der Waals surface area contributed by atoms with E-state index in [9.17, 15) is 9.18 Å². The highest BCUT2D eigenvalue weighted by molar-refractivity contribution is 9.10. The molecule has 22 heavy (non-hydrogen) atoms. The molecule has 0 aliphatic heterocycles. The lowest BCUT2D eigenvalue weighted by atomic mass is 10.1. The van der Waals surface area contributed by atoms with Gasteiger partial charge in [-0.2, -0.15) is 0 Å². The van der Waals surface area contributed by atoms with E-state index < -0.39 is 17.4 Å². The molecule has 2 rings (SSSR count). The minimum absolute atomic E-state index is 0.139. The van der Waals surface area contributed by atoms with E-state index in [0.29, 0.717) is 15.9 Å². The maximum atomic E-state index is 14.2. The molecular formula is C15H15BrFN3O2. The Kier molecular flexibility index (Phi) is 4.46. The first-order valence-corrected chi connectivity index (χ1v) is 7.28. The number of nitrogen functional groups attached to an aromatic ring is 1. The number of rotatable bonds is 2. The fourth-order valence-corrected chi connectivity index (χ4v) is 2.03. The molecule has 1 aromatic carbocycles. The van der Waals surface area contributed by atoms with Crippen LogP contribution in [0.2, 0.25) is 0 Å². The monoisotopic (exact) mass is 367 g/mol. The van der Waals surface area contributed by atoms with Gasteiger partial charge in [-0.1, -0.05) is 6.07 Å². The van der Waals surface area contributed by atoms with Crippen LogP contribution in [0, 0.1) is 5.82 Å². The summed E-state index contributed by atoms with van der Waals surface area (Å²) in [4.78, 5) is 20.0. The number of ether oxygens (including phenoxy) is 1. The number of esters is 1. The summed E-state index contributed by atoms with van der Waals surface area (Å²) >= 11 is 3.19. The zero-order valence-electron chi connectivity index (χ0n) is 12.4. The van der Waals surface area contributed by atoms with Crippen molar-refractivity contribution in [3.63, 3.8) is 0 Å². The highest BCUT2D eigenvalue weighted by Gasteiger charge is 2.21. The lowest BCUT2D eigenvalue weighted by Gasteiger charge is -2.19. The minimum Gasteiger partial charge on any atom is -0.456 e. The highest BCUT2D eigenvalue weighted by Crippen LogP contribution is 2.26. The van der Waals surface area contributed by atoms with Crippen LogP contribution >= 0.6 is 15.9 Å². The third-order valence-corrected chi connectivity index (χ3v) is 3.01. The van der Waals surface area contributed by atoms with Gasteiger partial charge in [-0.15, -0.1) is 0 Å². The lowest BCUT2D eigenvalue weighted by molar-refractivity contribution is 0.00648. The molecule has 116 valence electrons. The third-order valence-electron chi connectivity index (χ3n) is 2.63. The van der Waals surface area contributed by atoms with Crippen LogP contribution in [0.3, 0.4) is 0 Å². The molecule has 7 heteroatoms. The molecule has 1 heterocycles. The van der Waals surface area contributed by atoms with Gasteiger partial charge in [0.25, 0.3) is 0 Å². The van der Waals surface area contributed by atoms with Crippen LogP contribution in [-0.4, -0.2) is 21.5 Å². The van der Waals surface area contributed by atoms with Gasteiger partial charge in [0.15, 0.2) is 0 Å². The zero-order valence-corrected chi connectivity index (χ0v) is 13.9. The Morgan fingerprint density at radius 3 is 2.64 bits per heavy atom. The molecular weight excluding hydrogens is 353 g/mol. The highest BCUT2D eigenvalue weighted by atomic mass is 79.9. The standard InChI is InChI=1S/C15H15BrFN3O2/c1-15(2,3)22-14(21)9-5-4-8(6-10(9)17)12-13(18)19-7-11(16)20-12/h4-7H,1-3H3,(H2,18,19). The number of hydrogen-bond donors (Lipinski definition) is 1. The molecule has 0 amide bonds. The predicted molar refractivity (Wildman–Crippen MR) is 84.7 cm³/mol. The van der Waals surface area contributed by atoms with Crippen LogP contribution in [0.25, 0.3) is 11.3 Å². The second-order valence-electron chi connectivity index (χ2n) is 5.62. The molecule has 0 unspecified atom stereocenters. The molecule has 0 aliphatic rings. The molecule has 1 aromatic heterocycles. The molecule has 0 spiro atoms. The number of hydrogen-bond acceptors (Lipinski definition) is 5. The van der Waals surface area contributed by atoms with Crippen molar-refractivity contribution < 1.29 is 13.9 Å². The van der Waals surface area contributed by atoms with Gasteiger partial charge in [-0.25, -0.2) is 19.2 Å². The van der Waals surface area contributed by atoms with Crippen LogP contribution in [0.4, 0.5) is 10.2 Å². The normalized spacial score (nSPS) is 11.3. The summed E-state index contributed by atoms with van der Waals surface area (Å²) in [5.74, 6) is -1.25. The average molecular weight is 368 g/mol. The molecule has 0 atom stereocenters. The van der Waals surface area contributed by atoms with Gasteiger partial charge in [0.05, 0.1) is 11.8 Å². The Morgan fingerprint density at radius 2 is 2.05 bits per heavy atom. The first-order chi connectivity index (χ1) is 10.2. The molecule has 0 bridgehead atoms. The SMILES string of the molecule is CC(C)(C)OC(=O)c1ccc(-c2nc(Br)cnc2N)cc1F. The van der Waals surface area contributed by atoms with Gasteiger partial charge in [0.1, 0.15) is 27.5 Å². The summed E-state index contributed by atoms with van der Waals surface area (Å²) in [7, 11) is 0. The number of nitrogens with zero attached hydrogens (tertiary/aromatic N) is 2. The lowest BCUT2D eigenvalue weighted by Crippen LogP contribution is -2.24. The van der Waals surface area contributed by atoms with Crippen LogP contribution in [0.5, 0.6) is 0 Å². The van der Waals surface area contributed by atoms with Crippen molar-refractivity contribution in [3.8, 4) is 11.3 Å². The summed E-state index contributed by atoms with van der Waals surface area (Å²) in [5.41, 5.74) is 5.68. The third kappa shape index (κ3) is 3.79. The van der Waals surface area contributed by atoms with Crippen LogP contribution in [-0.2, 0) is 4.74 Å². The molecule has 0 saturated heterocycles. The Morgan fingerprint density at radius 1 is 1.36 bits per heavy atom. The fraction of sp³-hybridized carbons (Fsp3) is 0.267. The number of halogens is 2. The Balaban J connectivity index is 2.38. The molecule has 2 N–H and O–H groups in total. The van der Waals surface area contributed by atoms with Gasteiger partial charge in [-0.3, -0.25) is 0 Å². The molecule has 0 radical (unpaired) electrons. The van der Waals surface area contributed by atoms with Crippen LogP contribution < -0.4 is 5.73 Å². The maximum absolute atomic E-state index is 14.2. The average Bonchev–Trinajstić information content (AvgIpc) is 2.39. The minimum atomic E-state index is -0.718. The van der Waals surface area contributed by atoms with E-state index in [4.69, 9.17) is 10.5 Å². The fourth-order valence-electron chi connectivity index (χ4n) is 1.75. The number of carbonyl (C=O) groups excluding carboxylic acids is 1. The summed E-state index contributed by atoms with van der Waals surface area (Å²) in [5, 5.41) is 0. The molecule has 0 aliphatic carbocycles. The Bertz CT molecular complexity index is 729. The summed E-state index contributed by atoms with van der Waals surface area (Å²) in [6, 6.07) is 4.09. The Hall–Kier alpha value is -2.02. The van der Waals surface area contributed by atoms with E-state index in [-0.39, 0.29) is 11.4 Å². The quantitative estimate of drug-likeness (QED) is 0.820. The summed E-state index contributed by atoms with van der Waals surface area (Å²) in [6.07, 6.45) is 1.45. The number of nitrogens with two attached hydrogens (primary N) is 1. The van der Waals surface area contributed by atoms with E-state index in [1.807, 2.05) is 0 Å². The van der Waals surface area contributed by atoms with E-state index in [0.717, 1.165) is 0 Å².